The molecule has 0 aromatic heterocycles. The first-order valence-electron chi connectivity index (χ1n) is 4.44. The van der Waals surface area contributed by atoms with E-state index in [1.165, 1.54) is 6.07 Å². The zero-order chi connectivity index (χ0) is 11.3. The quantitative estimate of drug-likeness (QED) is 0.708. The third-order valence-corrected chi connectivity index (χ3v) is 1.84. The molecular weight excluding hydrogens is 192 g/mol. The molecule has 0 heterocycles. The number of carbonyl (C=O) groups is 2. The van der Waals surface area contributed by atoms with Gasteiger partial charge in [0, 0.05) is 6.54 Å². The fraction of sp³-hybridized carbons (Fsp3) is 0.0909. The number of nitrogens with two attached hydrogens (primary N) is 1. The molecule has 0 aliphatic rings. The summed E-state index contributed by atoms with van der Waals surface area (Å²) < 4.78 is 0. The highest BCUT2D eigenvalue weighted by Crippen LogP contribution is 2.07. The number of primary amides is 1. The van der Waals surface area contributed by atoms with Gasteiger partial charge in [0.05, 0.1) is 11.1 Å². The van der Waals surface area contributed by atoms with E-state index in [9.17, 15) is 9.59 Å². The van der Waals surface area contributed by atoms with Crippen LogP contribution in [-0.4, -0.2) is 18.4 Å². The van der Waals surface area contributed by atoms with Crippen molar-refractivity contribution in [1.82, 2.24) is 5.32 Å². The molecule has 0 atom stereocenters. The van der Waals surface area contributed by atoms with Crippen LogP contribution in [0.2, 0.25) is 0 Å². The number of rotatable bonds is 4. The predicted molar refractivity (Wildman–Crippen MR) is 57.5 cm³/mol. The zero-order valence-electron chi connectivity index (χ0n) is 8.19. The first-order chi connectivity index (χ1) is 7.16. The van der Waals surface area contributed by atoms with Gasteiger partial charge in [0.15, 0.2) is 0 Å². The van der Waals surface area contributed by atoms with Crippen molar-refractivity contribution in [3.63, 3.8) is 0 Å². The van der Waals surface area contributed by atoms with Crippen molar-refractivity contribution in [1.29, 1.82) is 0 Å². The van der Waals surface area contributed by atoms with E-state index < -0.39 is 5.91 Å². The van der Waals surface area contributed by atoms with Crippen molar-refractivity contribution in [2.45, 2.75) is 0 Å². The summed E-state index contributed by atoms with van der Waals surface area (Å²) >= 11 is 0. The largest absolute Gasteiger partial charge is 0.366 e. The van der Waals surface area contributed by atoms with E-state index in [2.05, 4.69) is 11.9 Å². The Kier molecular flexibility index (Phi) is 3.62. The van der Waals surface area contributed by atoms with Crippen LogP contribution >= 0.6 is 0 Å². The summed E-state index contributed by atoms with van der Waals surface area (Å²) in [4.78, 5) is 22.6. The molecule has 0 aliphatic carbocycles. The lowest BCUT2D eigenvalue weighted by Crippen LogP contribution is -2.26. The summed E-state index contributed by atoms with van der Waals surface area (Å²) in [6, 6.07) is 6.41. The molecule has 4 nitrogen and oxygen atoms in total. The summed E-state index contributed by atoms with van der Waals surface area (Å²) in [5, 5.41) is 2.58. The first kappa shape index (κ1) is 11.0. The van der Waals surface area contributed by atoms with Crippen LogP contribution in [-0.2, 0) is 0 Å². The van der Waals surface area contributed by atoms with Crippen LogP contribution < -0.4 is 11.1 Å². The molecule has 0 saturated heterocycles. The van der Waals surface area contributed by atoms with Crippen molar-refractivity contribution >= 4 is 11.8 Å². The van der Waals surface area contributed by atoms with Crippen LogP contribution in [0.15, 0.2) is 36.9 Å². The van der Waals surface area contributed by atoms with Crippen LogP contribution in [0.1, 0.15) is 20.7 Å². The van der Waals surface area contributed by atoms with Gasteiger partial charge < -0.3 is 11.1 Å². The fourth-order valence-electron chi connectivity index (χ4n) is 1.16. The summed E-state index contributed by atoms with van der Waals surface area (Å²) in [6.07, 6.45) is 1.56. The minimum atomic E-state index is -0.612. The third kappa shape index (κ3) is 2.67. The first-order valence-corrected chi connectivity index (χ1v) is 4.44. The molecule has 78 valence electrons. The van der Waals surface area contributed by atoms with Crippen LogP contribution in [0.3, 0.4) is 0 Å². The second-order valence-electron chi connectivity index (χ2n) is 2.91. The third-order valence-electron chi connectivity index (χ3n) is 1.84. The molecule has 0 bridgehead atoms. The van der Waals surface area contributed by atoms with E-state index in [4.69, 9.17) is 5.73 Å². The van der Waals surface area contributed by atoms with Gasteiger partial charge >= 0.3 is 0 Å². The molecule has 0 saturated carbocycles. The lowest BCUT2D eigenvalue weighted by Gasteiger charge is -2.05. The van der Waals surface area contributed by atoms with Crippen LogP contribution in [0.25, 0.3) is 0 Å². The van der Waals surface area contributed by atoms with Gasteiger partial charge in [0.25, 0.3) is 5.91 Å². The molecule has 0 fully saturated rings. The Morgan fingerprint density at radius 1 is 1.33 bits per heavy atom. The zero-order valence-corrected chi connectivity index (χ0v) is 8.19. The average Bonchev–Trinajstić information content (AvgIpc) is 2.25. The van der Waals surface area contributed by atoms with E-state index in [0.29, 0.717) is 6.54 Å². The van der Waals surface area contributed by atoms with Crippen LogP contribution in [0, 0.1) is 0 Å². The van der Waals surface area contributed by atoms with E-state index in [1.54, 1.807) is 24.3 Å². The second-order valence-corrected chi connectivity index (χ2v) is 2.91. The van der Waals surface area contributed by atoms with Gasteiger partial charge in [-0.25, -0.2) is 0 Å². The van der Waals surface area contributed by atoms with E-state index >= 15 is 0 Å². The molecule has 4 heteroatoms. The van der Waals surface area contributed by atoms with Gasteiger partial charge in [-0.3, -0.25) is 9.59 Å². The molecular formula is C11H12N2O2. The van der Waals surface area contributed by atoms with Gasteiger partial charge in [0.1, 0.15) is 0 Å². The number of hydrogen-bond donors (Lipinski definition) is 2. The Balaban J connectivity index is 2.97. The summed E-state index contributed by atoms with van der Waals surface area (Å²) in [6.45, 7) is 3.83. The molecule has 2 amide bonds. The van der Waals surface area contributed by atoms with Gasteiger partial charge in [-0.15, -0.1) is 6.58 Å². The molecule has 1 rings (SSSR count). The monoisotopic (exact) mass is 204 g/mol. The minimum absolute atomic E-state index is 0.221. The fourth-order valence-corrected chi connectivity index (χ4v) is 1.16. The van der Waals surface area contributed by atoms with Gasteiger partial charge in [0.2, 0.25) is 5.91 Å². The van der Waals surface area contributed by atoms with Gasteiger partial charge in [-0.1, -0.05) is 18.2 Å². The molecule has 1 aromatic rings. The second kappa shape index (κ2) is 4.95. The molecule has 0 radical (unpaired) electrons. The van der Waals surface area contributed by atoms with Crippen molar-refractivity contribution in [2.24, 2.45) is 5.73 Å². The van der Waals surface area contributed by atoms with Gasteiger partial charge in [-0.2, -0.15) is 0 Å². The lowest BCUT2D eigenvalue weighted by molar-refractivity contribution is 0.0939. The van der Waals surface area contributed by atoms with Crippen molar-refractivity contribution < 1.29 is 9.59 Å². The summed E-state index contributed by atoms with van der Waals surface area (Å²) in [7, 11) is 0. The normalized spacial score (nSPS) is 9.33. The predicted octanol–water partition coefficient (Wildman–Crippen LogP) is 0.701. The Hall–Kier alpha value is -2.10. The molecule has 0 aliphatic heterocycles. The minimum Gasteiger partial charge on any atom is -0.366 e. The van der Waals surface area contributed by atoms with Crippen molar-refractivity contribution in [3.8, 4) is 0 Å². The maximum absolute atomic E-state index is 11.6. The Bertz CT molecular complexity index is 399. The molecule has 1 aromatic carbocycles. The Morgan fingerprint density at radius 3 is 2.47 bits per heavy atom. The lowest BCUT2D eigenvalue weighted by atomic mass is 10.1. The highest BCUT2D eigenvalue weighted by atomic mass is 16.2. The average molecular weight is 204 g/mol. The number of carbonyl (C=O) groups excluding carboxylic acids is 2. The standard InChI is InChI=1S/C11H12N2O2/c1-2-7-13-11(15)9-6-4-3-5-8(9)10(12)14/h2-6H,1,7H2,(H2,12,14)(H,13,15). The SMILES string of the molecule is C=CCNC(=O)c1ccccc1C(N)=O. The highest BCUT2D eigenvalue weighted by molar-refractivity contribution is 6.06. The molecule has 0 unspecified atom stereocenters. The number of hydrogen-bond acceptors (Lipinski definition) is 2. The number of benzene rings is 1. The van der Waals surface area contributed by atoms with E-state index in [0.717, 1.165) is 0 Å². The Labute approximate surface area is 87.8 Å². The Morgan fingerprint density at radius 2 is 1.93 bits per heavy atom. The maximum atomic E-state index is 11.6. The smallest absolute Gasteiger partial charge is 0.252 e. The topological polar surface area (TPSA) is 72.2 Å². The number of amides is 2. The van der Waals surface area contributed by atoms with Gasteiger partial charge in [-0.05, 0) is 12.1 Å². The van der Waals surface area contributed by atoms with Crippen LogP contribution in [0.4, 0.5) is 0 Å². The molecule has 3 N–H and O–H groups in total. The summed E-state index contributed by atoms with van der Waals surface area (Å²) in [5.41, 5.74) is 5.65. The van der Waals surface area contributed by atoms with E-state index in [1.807, 2.05) is 0 Å². The molecule has 0 spiro atoms. The maximum Gasteiger partial charge on any atom is 0.252 e. The van der Waals surface area contributed by atoms with Crippen molar-refractivity contribution in [3.05, 3.63) is 48.0 Å². The number of nitrogens with one attached hydrogen (secondary N) is 1. The van der Waals surface area contributed by atoms with Crippen molar-refractivity contribution in [2.75, 3.05) is 6.54 Å². The highest BCUT2D eigenvalue weighted by Gasteiger charge is 2.12. The molecule has 15 heavy (non-hydrogen) atoms. The van der Waals surface area contributed by atoms with E-state index in [-0.39, 0.29) is 17.0 Å². The van der Waals surface area contributed by atoms with Crippen LogP contribution in [0.5, 0.6) is 0 Å². The summed E-state index contributed by atoms with van der Waals surface area (Å²) in [5.74, 6) is -0.941.